The SMILES string of the molecule is O=S(=O)(NCc1ccncn1)c1ccc(CCCl)cc1. The van der Waals surface area contributed by atoms with Gasteiger partial charge in [0.15, 0.2) is 0 Å². The van der Waals surface area contributed by atoms with Crippen molar-refractivity contribution >= 4 is 21.6 Å². The average molecular weight is 312 g/mol. The molecule has 0 spiro atoms. The van der Waals surface area contributed by atoms with Gasteiger partial charge in [0.2, 0.25) is 10.0 Å². The summed E-state index contributed by atoms with van der Waals surface area (Å²) in [5, 5.41) is 0. The molecule has 1 heterocycles. The van der Waals surface area contributed by atoms with Gasteiger partial charge in [-0.15, -0.1) is 11.6 Å². The molecule has 2 aromatic rings. The van der Waals surface area contributed by atoms with Gasteiger partial charge < -0.3 is 0 Å². The molecule has 0 aliphatic carbocycles. The number of benzene rings is 1. The van der Waals surface area contributed by atoms with Gasteiger partial charge in [0, 0.05) is 12.1 Å². The summed E-state index contributed by atoms with van der Waals surface area (Å²) in [5.41, 5.74) is 1.62. The maximum Gasteiger partial charge on any atom is 0.240 e. The number of nitrogens with one attached hydrogen (secondary N) is 1. The fourth-order valence-corrected chi connectivity index (χ4v) is 2.84. The Morgan fingerprint density at radius 1 is 1.15 bits per heavy atom. The summed E-state index contributed by atoms with van der Waals surface area (Å²) in [4.78, 5) is 7.96. The zero-order chi connectivity index (χ0) is 14.4. The number of alkyl halides is 1. The van der Waals surface area contributed by atoms with E-state index in [1.807, 2.05) is 0 Å². The molecule has 0 atom stereocenters. The van der Waals surface area contributed by atoms with E-state index < -0.39 is 10.0 Å². The highest BCUT2D eigenvalue weighted by Crippen LogP contribution is 2.11. The van der Waals surface area contributed by atoms with E-state index in [2.05, 4.69) is 14.7 Å². The van der Waals surface area contributed by atoms with Gasteiger partial charge in [-0.05, 0) is 30.2 Å². The molecular weight excluding hydrogens is 298 g/mol. The van der Waals surface area contributed by atoms with E-state index in [4.69, 9.17) is 11.6 Å². The minimum Gasteiger partial charge on any atom is -0.245 e. The summed E-state index contributed by atoms with van der Waals surface area (Å²) in [5.74, 6) is 0.512. The van der Waals surface area contributed by atoms with Gasteiger partial charge in [0.05, 0.1) is 17.1 Å². The third-order valence-electron chi connectivity index (χ3n) is 2.70. The van der Waals surface area contributed by atoms with Crippen LogP contribution in [-0.2, 0) is 23.0 Å². The van der Waals surface area contributed by atoms with Crippen molar-refractivity contribution in [2.45, 2.75) is 17.9 Å². The zero-order valence-corrected chi connectivity index (χ0v) is 12.2. The number of rotatable bonds is 6. The lowest BCUT2D eigenvalue weighted by molar-refractivity contribution is 0.580. The first-order valence-electron chi connectivity index (χ1n) is 6.01. The van der Waals surface area contributed by atoms with Crippen LogP contribution < -0.4 is 4.72 Å². The summed E-state index contributed by atoms with van der Waals surface area (Å²) in [7, 11) is -3.53. The molecule has 0 amide bonds. The third kappa shape index (κ3) is 4.00. The van der Waals surface area contributed by atoms with Crippen molar-refractivity contribution in [1.29, 1.82) is 0 Å². The normalized spacial score (nSPS) is 11.4. The van der Waals surface area contributed by atoms with E-state index in [1.54, 1.807) is 36.5 Å². The number of sulfonamides is 1. The van der Waals surface area contributed by atoms with E-state index in [0.29, 0.717) is 11.6 Å². The quantitative estimate of drug-likeness (QED) is 0.825. The number of nitrogens with zero attached hydrogens (tertiary/aromatic N) is 2. The van der Waals surface area contributed by atoms with Crippen LogP contribution in [0.25, 0.3) is 0 Å². The molecule has 1 aromatic heterocycles. The van der Waals surface area contributed by atoms with E-state index in [0.717, 1.165) is 12.0 Å². The Bertz CT molecular complexity index is 645. The molecule has 0 aliphatic rings. The van der Waals surface area contributed by atoms with Gasteiger partial charge in [0.1, 0.15) is 6.33 Å². The van der Waals surface area contributed by atoms with E-state index in [9.17, 15) is 8.42 Å². The lowest BCUT2D eigenvalue weighted by Gasteiger charge is -2.07. The van der Waals surface area contributed by atoms with E-state index in [-0.39, 0.29) is 11.4 Å². The van der Waals surface area contributed by atoms with Gasteiger partial charge in [-0.3, -0.25) is 0 Å². The number of aromatic nitrogens is 2. The Hall–Kier alpha value is -1.50. The maximum absolute atomic E-state index is 12.1. The second-order valence-corrected chi connectivity index (χ2v) is 6.25. The Kier molecular flexibility index (Phi) is 5.05. The third-order valence-corrected chi connectivity index (χ3v) is 4.31. The predicted molar refractivity (Wildman–Crippen MR) is 76.9 cm³/mol. The molecule has 20 heavy (non-hydrogen) atoms. The van der Waals surface area contributed by atoms with Crippen molar-refractivity contribution in [3.63, 3.8) is 0 Å². The molecule has 7 heteroatoms. The topological polar surface area (TPSA) is 72.0 Å². The monoisotopic (exact) mass is 311 g/mol. The second-order valence-electron chi connectivity index (χ2n) is 4.11. The Morgan fingerprint density at radius 3 is 2.50 bits per heavy atom. The first-order valence-corrected chi connectivity index (χ1v) is 8.03. The predicted octanol–water partition coefficient (Wildman–Crippen LogP) is 1.74. The summed E-state index contributed by atoms with van der Waals surface area (Å²) in [6.45, 7) is 0.133. The first-order chi connectivity index (χ1) is 9.62. The number of hydrogen-bond acceptors (Lipinski definition) is 4. The molecule has 0 fully saturated rings. The summed E-state index contributed by atoms with van der Waals surface area (Å²) < 4.78 is 26.7. The zero-order valence-electron chi connectivity index (χ0n) is 10.7. The van der Waals surface area contributed by atoms with Crippen LogP contribution in [-0.4, -0.2) is 24.3 Å². The van der Waals surface area contributed by atoms with Crippen molar-refractivity contribution in [3.8, 4) is 0 Å². The van der Waals surface area contributed by atoms with Crippen LogP contribution in [0.1, 0.15) is 11.3 Å². The minimum absolute atomic E-state index is 0.133. The number of aryl methyl sites for hydroxylation is 1. The molecule has 0 saturated heterocycles. The number of halogens is 1. The maximum atomic E-state index is 12.1. The molecule has 0 saturated carbocycles. The van der Waals surface area contributed by atoms with Crippen molar-refractivity contribution in [3.05, 3.63) is 54.1 Å². The number of hydrogen-bond donors (Lipinski definition) is 1. The van der Waals surface area contributed by atoms with Gasteiger partial charge in [-0.2, -0.15) is 0 Å². The van der Waals surface area contributed by atoms with Crippen molar-refractivity contribution in [1.82, 2.24) is 14.7 Å². The van der Waals surface area contributed by atoms with Gasteiger partial charge >= 0.3 is 0 Å². The van der Waals surface area contributed by atoms with Crippen LogP contribution >= 0.6 is 11.6 Å². The highest BCUT2D eigenvalue weighted by Gasteiger charge is 2.13. The van der Waals surface area contributed by atoms with Crippen LogP contribution in [0.15, 0.2) is 47.8 Å². The first kappa shape index (κ1) is 14.9. The van der Waals surface area contributed by atoms with Crippen molar-refractivity contribution in [2.75, 3.05) is 5.88 Å². The average Bonchev–Trinajstić information content (AvgIpc) is 2.47. The van der Waals surface area contributed by atoms with Crippen LogP contribution in [0.5, 0.6) is 0 Å². The molecule has 0 aliphatic heterocycles. The van der Waals surface area contributed by atoms with Crippen molar-refractivity contribution < 1.29 is 8.42 Å². The summed E-state index contributed by atoms with van der Waals surface area (Å²) >= 11 is 5.64. The summed E-state index contributed by atoms with van der Waals surface area (Å²) in [6, 6.07) is 8.34. The molecular formula is C13H14ClN3O2S. The van der Waals surface area contributed by atoms with Gasteiger partial charge in [0.25, 0.3) is 0 Å². The minimum atomic E-state index is -3.53. The van der Waals surface area contributed by atoms with Gasteiger partial charge in [-0.25, -0.2) is 23.1 Å². The van der Waals surface area contributed by atoms with Gasteiger partial charge in [-0.1, -0.05) is 12.1 Å². The Balaban J connectivity index is 2.06. The summed E-state index contributed by atoms with van der Waals surface area (Å²) in [6.07, 6.45) is 3.67. The highest BCUT2D eigenvalue weighted by molar-refractivity contribution is 7.89. The highest BCUT2D eigenvalue weighted by atomic mass is 35.5. The molecule has 0 bridgehead atoms. The lowest BCUT2D eigenvalue weighted by Crippen LogP contribution is -2.23. The second kappa shape index (κ2) is 6.78. The van der Waals surface area contributed by atoms with Crippen molar-refractivity contribution in [2.24, 2.45) is 0 Å². The molecule has 0 radical (unpaired) electrons. The van der Waals surface area contributed by atoms with Crippen LogP contribution in [0.3, 0.4) is 0 Å². The molecule has 5 nitrogen and oxygen atoms in total. The van der Waals surface area contributed by atoms with Crippen LogP contribution in [0, 0.1) is 0 Å². The Labute approximate surface area is 123 Å². The Morgan fingerprint density at radius 2 is 1.90 bits per heavy atom. The fraction of sp³-hybridized carbons (Fsp3) is 0.231. The molecule has 1 N–H and O–H groups in total. The van der Waals surface area contributed by atoms with Crippen LogP contribution in [0.4, 0.5) is 0 Å². The smallest absolute Gasteiger partial charge is 0.240 e. The van der Waals surface area contributed by atoms with E-state index >= 15 is 0 Å². The largest absolute Gasteiger partial charge is 0.245 e. The lowest BCUT2D eigenvalue weighted by atomic mass is 10.2. The molecule has 1 aromatic carbocycles. The molecule has 106 valence electrons. The van der Waals surface area contributed by atoms with E-state index in [1.165, 1.54) is 6.33 Å². The standard InChI is InChI=1S/C13H14ClN3O2S/c14-7-5-11-1-3-13(4-2-11)20(18,19)17-9-12-6-8-15-10-16-12/h1-4,6,8,10,17H,5,7,9H2. The molecule has 2 rings (SSSR count). The van der Waals surface area contributed by atoms with Crippen LogP contribution in [0.2, 0.25) is 0 Å². The molecule has 0 unspecified atom stereocenters. The fourth-order valence-electron chi connectivity index (χ4n) is 1.62.